The van der Waals surface area contributed by atoms with Crippen LogP contribution in [0.25, 0.3) is 0 Å². The Morgan fingerprint density at radius 1 is 0.625 bits per heavy atom. The van der Waals surface area contributed by atoms with E-state index in [4.69, 9.17) is 58.4 Å². The molecule has 2 aliphatic heterocycles. The Balaban J connectivity index is 0.000000835. The zero-order valence-electron chi connectivity index (χ0n) is 33.6. The molecule has 0 spiro atoms. The summed E-state index contributed by atoms with van der Waals surface area (Å²) in [5, 5.41) is 18.3. The Kier molecular flexibility index (Phi) is 27.6. The third kappa shape index (κ3) is 21.1. The SMILES string of the molecule is C.CC(C)OC(OC(C)C)N(C)C.CN(C)C=Nc1cc2c(cc1C#N)OCCOCCOCCO2.N#Cc1cc2c(cc1N)OCCOCCOCCO2.[B]. The van der Waals surface area contributed by atoms with Crippen molar-refractivity contribution in [1.82, 2.24) is 9.80 Å². The number of hydrogen-bond donors (Lipinski definition) is 1. The summed E-state index contributed by atoms with van der Waals surface area (Å²) >= 11 is 0. The van der Waals surface area contributed by atoms with Crippen LogP contribution in [0.3, 0.4) is 0 Å². The van der Waals surface area contributed by atoms with Gasteiger partial charge in [-0.3, -0.25) is 4.90 Å². The number of hydrogen-bond acceptors (Lipinski definition) is 15. The van der Waals surface area contributed by atoms with Crippen molar-refractivity contribution >= 4 is 26.1 Å². The van der Waals surface area contributed by atoms with Gasteiger partial charge < -0.3 is 58.0 Å². The third-order valence-corrected chi connectivity index (χ3v) is 6.73. The summed E-state index contributed by atoms with van der Waals surface area (Å²) in [5.41, 5.74) is 7.45. The molecule has 2 N–H and O–H groups in total. The molecule has 0 aliphatic carbocycles. The number of aliphatic imine (C=N–C) groups is 1. The van der Waals surface area contributed by atoms with Crippen molar-refractivity contribution in [3.63, 3.8) is 0 Å². The van der Waals surface area contributed by atoms with Crippen LogP contribution in [0.2, 0.25) is 0 Å². The van der Waals surface area contributed by atoms with Gasteiger partial charge >= 0.3 is 0 Å². The van der Waals surface area contributed by atoms with Gasteiger partial charge in [0.1, 0.15) is 38.6 Å². The van der Waals surface area contributed by atoms with Gasteiger partial charge in [0.05, 0.1) is 93.9 Å². The zero-order valence-corrected chi connectivity index (χ0v) is 33.6. The predicted molar refractivity (Wildman–Crippen MR) is 216 cm³/mol. The van der Waals surface area contributed by atoms with Crippen LogP contribution in [0.4, 0.5) is 11.4 Å². The number of ether oxygens (including phenoxy) is 10. The minimum Gasteiger partial charge on any atom is -0.487 e. The second-order valence-electron chi connectivity index (χ2n) is 12.6. The van der Waals surface area contributed by atoms with Crippen LogP contribution in [-0.2, 0) is 28.4 Å². The van der Waals surface area contributed by atoms with E-state index >= 15 is 0 Å². The van der Waals surface area contributed by atoms with Crippen molar-refractivity contribution in [1.29, 1.82) is 10.5 Å². The fourth-order valence-corrected chi connectivity index (χ4v) is 4.27. The molecule has 56 heavy (non-hydrogen) atoms. The first-order chi connectivity index (χ1) is 25.9. The fraction of sp³-hybridized carbons (Fsp3) is 0.615. The van der Waals surface area contributed by atoms with Crippen molar-refractivity contribution in [2.24, 2.45) is 4.99 Å². The topological polar surface area (TPSA) is 185 Å². The summed E-state index contributed by atoms with van der Waals surface area (Å²) < 4.78 is 55.0. The smallest absolute Gasteiger partial charge is 0.218 e. The highest BCUT2D eigenvalue weighted by molar-refractivity contribution is 5.75. The Morgan fingerprint density at radius 3 is 1.34 bits per heavy atom. The molecule has 0 bridgehead atoms. The molecule has 2 aromatic carbocycles. The molecule has 3 radical (unpaired) electrons. The molecule has 2 aromatic rings. The summed E-state index contributed by atoms with van der Waals surface area (Å²) in [4.78, 5) is 8.01. The van der Waals surface area contributed by atoms with Crippen LogP contribution in [0.5, 0.6) is 23.0 Å². The predicted octanol–water partition coefficient (Wildman–Crippen LogP) is 4.47. The largest absolute Gasteiger partial charge is 0.487 e. The van der Waals surface area contributed by atoms with Gasteiger partial charge in [-0.15, -0.1) is 0 Å². The molecule has 0 saturated carbocycles. The van der Waals surface area contributed by atoms with Crippen LogP contribution in [0.15, 0.2) is 29.3 Å². The monoisotopic (exact) mass is 785 g/mol. The standard InChI is InChI=1S/C16H21N3O4.C13H16N2O4.C9H21NO2.CH4.B/c1-19(2)12-18-14-10-16-15(9-13(14)11-17)22-7-5-20-3-4-21-6-8-23-16;14-9-10-7-12-13(8-11(10)15)19-6-4-17-2-1-16-3-5-18-12;1-7(2)11-9(10(5)6)12-8(3)4;;/h9-10,12H,3-8H2,1-2H3;7-8H,1-6,15H2;7-9H,1-6H3;1H4;. The molecule has 16 nitrogen and oxygen atoms in total. The first kappa shape index (κ1) is 51.7. The number of nitriles is 2. The van der Waals surface area contributed by atoms with Gasteiger partial charge in [0.2, 0.25) is 6.41 Å². The van der Waals surface area contributed by atoms with E-state index in [1.54, 1.807) is 35.5 Å². The van der Waals surface area contributed by atoms with Gasteiger partial charge in [-0.05, 0) is 41.8 Å². The molecular formula is C39H62BN6O10. The van der Waals surface area contributed by atoms with E-state index in [1.165, 1.54) is 0 Å². The highest BCUT2D eigenvalue weighted by Gasteiger charge is 2.16. The van der Waals surface area contributed by atoms with E-state index < -0.39 is 0 Å². The molecule has 2 heterocycles. The van der Waals surface area contributed by atoms with Crippen molar-refractivity contribution in [3.05, 3.63) is 35.4 Å². The van der Waals surface area contributed by atoms with E-state index in [1.807, 2.05) is 66.9 Å². The Labute approximate surface area is 335 Å². The number of anilines is 1. The van der Waals surface area contributed by atoms with Crippen LogP contribution in [-0.4, -0.2) is 151 Å². The zero-order chi connectivity index (χ0) is 39.7. The van der Waals surface area contributed by atoms with Crippen molar-refractivity contribution in [2.45, 2.75) is 53.7 Å². The molecule has 4 rings (SSSR count). The maximum absolute atomic E-state index is 9.32. The number of nitrogens with two attached hydrogens (primary N) is 1. The lowest BCUT2D eigenvalue weighted by Crippen LogP contribution is -2.37. The summed E-state index contributed by atoms with van der Waals surface area (Å²) in [6.07, 6.45) is 1.78. The van der Waals surface area contributed by atoms with Gasteiger partial charge in [0, 0.05) is 46.8 Å². The second kappa shape index (κ2) is 29.9. The van der Waals surface area contributed by atoms with Crippen molar-refractivity contribution < 1.29 is 47.4 Å². The van der Waals surface area contributed by atoms with Gasteiger partial charge in [-0.1, -0.05) is 7.43 Å². The molecule has 311 valence electrons. The molecule has 0 atom stereocenters. The average molecular weight is 786 g/mol. The maximum atomic E-state index is 9.32. The molecule has 0 saturated heterocycles. The van der Waals surface area contributed by atoms with Crippen molar-refractivity contribution in [2.75, 3.05) is 113 Å². The lowest BCUT2D eigenvalue weighted by Gasteiger charge is -2.27. The molecule has 17 heteroatoms. The molecule has 0 amide bonds. The van der Waals surface area contributed by atoms with Crippen molar-refractivity contribution in [3.8, 4) is 35.1 Å². The minimum atomic E-state index is -0.231. The lowest BCUT2D eigenvalue weighted by atomic mass is 10.1. The third-order valence-electron chi connectivity index (χ3n) is 6.73. The highest BCUT2D eigenvalue weighted by atomic mass is 16.7. The second-order valence-corrected chi connectivity index (χ2v) is 12.6. The van der Waals surface area contributed by atoms with Gasteiger partial charge in [0.25, 0.3) is 0 Å². The van der Waals surface area contributed by atoms with Gasteiger partial charge in [-0.25, -0.2) is 4.99 Å². The Morgan fingerprint density at radius 2 is 0.982 bits per heavy atom. The van der Waals surface area contributed by atoms with Crippen LogP contribution < -0.4 is 24.7 Å². The molecule has 2 aliphatic rings. The van der Waals surface area contributed by atoms with Crippen LogP contribution in [0, 0.1) is 22.7 Å². The van der Waals surface area contributed by atoms with E-state index in [0.29, 0.717) is 125 Å². The van der Waals surface area contributed by atoms with E-state index in [-0.39, 0.29) is 34.5 Å². The number of fused-ring (bicyclic) bond motifs is 2. The van der Waals surface area contributed by atoms with Crippen LogP contribution in [0.1, 0.15) is 46.2 Å². The first-order valence-electron chi connectivity index (χ1n) is 17.9. The van der Waals surface area contributed by atoms with E-state index in [9.17, 15) is 5.26 Å². The molecular weight excluding hydrogens is 723 g/mol. The highest BCUT2D eigenvalue weighted by Crippen LogP contribution is 2.35. The number of nitrogens with zero attached hydrogens (tertiary/aromatic N) is 5. The summed E-state index contributed by atoms with van der Waals surface area (Å²) in [6.45, 7) is 13.5. The summed E-state index contributed by atoms with van der Waals surface area (Å²) in [6, 6.07) is 10.7. The first-order valence-corrected chi connectivity index (χ1v) is 17.9. The quantitative estimate of drug-likeness (QED) is 0.136. The normalized spacial score (nSPS) is 15.0. The van der Waals surface area contributed by atoms with E-state index in [2.05, 4.69) is 11.1 Å². The molecule has 0 fully saturated rings. The minimum absolute atomic E-state index is 0. The number of benzene rings is 2. The van der Waals surface area contributed by atoms with Gasteiger partial charge in [-0.2, -0.15) is 10.5 Å². The molecule has 0 unspecified atom stereocenters. The fourth-order valence-electron chi connectivity index (χ4n) is 4.27. The maximum Gasteiger partial charge on any atom is 0.218 e. The lowest BCUT2D eigenvalue weighted by molar-refractivity contribution is -0.241. The summed E-state index contributed by atoms with van der Waals surface area (Å²) in [7, 11) is 7.60. The number of rotatable bonds is 7. The summed E-state index contributed by atoms with van der Waals surface area (Å²) in [5.74, 6) is 2.06. The average Bonchev–Trinajstić information content (AvgIpc) is 3.11. The molecule has 0 aromatic heterocycles. The number of nitrogen functional groups attached to an aromatic ring is 1. The van der Waals surface area contributed by atoms with E-state index in [0.717, 1.165) is 0 Å². The Bertz CT molecular complexity index is 1470. The van der Waals surface area contributed by atoms with Crippen LogP contribution >= 0.6 is 0 Å². The Hall–Kier alpha value is -4.33. The van der Waals surface area contributed by atoms with Gasteiger partial charge in [0.15, 0.2) is 23.0 Å².